The Bertz CT molecular complexity index is 452. The maximum absolute atomic E-state index is 11.7. The Balaban J connectivity index is 2.43. The third kappa shape index (κ3) is 5.90. The number of hydrogen-bond acceptors (Lipinski definition) is 2. The summed E-state index contributed by atoms with van der Waals surface area (Å²) in [5.41, 5.74) is 1.39. The number of carbonyl (C=O) groups excluding carboxylic acids is 1. The van der Waals surface area contributed by atoms with Crippen LogP contribution < -0.4 is 10.6 Å². The highest BCUT2D eigenvalue weighted by Gasteiger charge is 2.23. The van der Waals surface area contributed by atoms with Gasteiger partial charge in [0.15, 0.2) is 0 Å². The zero-order chi connectivity index (χ0) is 14.5. The molecule has 0 aromatic heterocycles. The molecule has 5 heteroatoms. The molecular formula is C14H20N2O3. The highest BCUT2D eigenvalue weighted by molar-refractivity contribution is 5.76. The van der Waals surface area contributed by atoms with E-state index >= 15 is 0 Å². The van der Waals surface area contributed by atoms with Crippen molar-refractivity contribution in [2.75, 3.05) is 0 Å². The van der Waals surface area contributed by atoms with E-state index in [2.05, 4.69) is 10.6 Å². The summed E-state index contributed by atoms with van der Waals surface area (Å²) in [6.07, 6.45) is -0.120. The second-order valence-electron chi connectivity index (χ2n) is 5.25. The van der Waals surface area contributed by atoms with Crippen LogP contribution in [-0.2, 0) is 11.3 Å². The zero-order valence-electron chi connectivity index (χ0n) is 11.5. The average Bonchev–Trinajstić information content (AvgIpc) is 2.25. The minimum Gasteiger partial charge on any atom is -0.481 e. The molecule has 0 aliphatic rings. The molecule has 0 spiro atoms. The van der Waals surface area contributed by atoms with Gasteiger partial charge in [-0.05, 0) is 26.3 Å². The Morgan fingerprint density at radius 3 is 2.32 bits per heavy atom. The van der Waals surface area contributed by atoms with Gasteiger partial charge in [-0.1, -0.05) is 29.8 Å². The molecule has 104 valence electrons. The molecule has 1 aromatic rings. The summed E-state index contributed by atoms with van der Waals surface area (Å²) in [4.78, 5) is 22.3. The Morgan fingerprint density at radius 2 is 1.79 bits per heavy atom. The SMILES string of the molecule is Cc1ccc(CNC(=O)NC(C)(C)CC(=O)O)cc1. The van der Waals surface area contributed by atoms with Gasteiger partial charge >= 0.3 is 12.0 Å². The number of amides is 2. The van der Waals surface area contributed by atoms with Crippen LogP contribution in [0, 0.1) is 6.92 Å². The number of aryl methyl sites for hydroxylation is 1. The summed E-state index contributed by atoms with van der Waals surface area (Å²) in [6.45, 7) is 5.76. The van der Waals surface area contributed by atoms with E-state index in [-0.39, 0.29) is 12.5 Å². The van der Waals surface area contributed by atoms with Crippen molar-refractivity contribution in [1.29, 1.82) is 0 Å². The fourth-order valence-corrected chi connectivity index (χ4v) is 1.66. The lowest BCUT2D eigenvalue weighted by Gasteiger charge is -2.24. The zero-order valence-corrected chi connectivity index (χ0v) is 11.5. The van der Waals surface area contributed by atoms with E-state index in [1.54, 1.807) is 13.8 Å². The number of urea groups is 1. The molecule has 0 radical (unpaired) electrons. The van der Waals surface area contributed by atoms with E-state index in [1.807, 2.05) is 31.2 Å². The summed E-state index contributed by atoms with van der Waals surface area (Å²) < 4.78 is 0. The molecule has 0 fully saturated rings. The first-order valence-electron chi connectivity index (χ1n) is 6.12. The van der Waals surface area contributed by atoms with Crippen molar-refractivity contribution in [2.24, 2.45) is 0 Å². The maximum atomic E-state index is 11.7. The van der Waals surface area contributed by atoms with Gasteiger partial charge in [-0.2, -0.15) is 0 Å². The molecule has 0 heterocycles. The molecule has 0 saturated heterocycles. The van der Waals surface area contributed by atoms with Gasteiger partial charge in [0.05, 0.1) is 6.42 Å². The molecule has 2 amide bonds. The Morgan fingerprint density at radius 1 is 1.21 bits per heavy atom. The van der Waals surface area contributed by atoms with Gasteiger partial charge in [0.2, 0.25) is 0 Å². The number of carbonyl (C=O) groups is 2. The molecule has 0 atom stereocenters. The maximum Gasteiger partial charge on any atom is 0.315 e. The lowest BCUT2D eigenvalue weighted by atomic mass is 10.0. The third-order valence-electron chi connectivity index (χ3n) is 2.62. The summed E-state index contributed by atoms with van der Waals surface area (Å²) in [5.74, 6) is -0.941. The highest BCUT2D eigenvalue weighted by Crippen LogP contribution is 2.08. The Hall–Kier alpha value is -2.04. The molecular weight excluding hydrogens is 244 g/mol. The number of carboxylic acid groups (broad SMARTS) is 1. The van der Waals surface area contributed by atoms with Crippen LogP contribution in [0.5, 0.6) is 0 Å². The fourth-order valence-electron chi connectivity index (χ4n) is 1.66. The number of carboxylic acids is 1. The van der Waals surface area contributed by atoms with Crippen molar-refractivity contribution in [3.8, 4) is 0 Å². The summed E-state index contributed by atoms with van der Waals surface area (Å²) in [7, 11) is 0. The van der Waals surface area contributed by atoms with Crippen molar-refractivity contribution in [1.82, 2.24) is 10.6 Å². The van der Waals surface area contributed by atoms with Gasteiger partial charge in [-0.15, -0.1) is 0 Å². The minimum absolute atomic E-state index is 0.120. The van der Waals surface area contributed by atoms with Gasteiger partial charge in [0.25, 0.3) is 0 Å². The Labute approximate surface area is 113 Å². The van der Waals surface area contributed by atoms with Crippen molar-refractivity contribution in [3.05, 3.63) is 35.4 Å². The smallest absolute Gasteiger partial charge is 0.315 e. The molecule has 1 aromatic carbocycles. The number of rotatable bonds is 5. The lowest BCUT2D eigenvalue weighted by molar-refractivity contribution is -0.138. The van der Waals surface area contributed by atoms with Gasteiger partial charge < -0.3 is 15.7 Å². The van der Waals surface area contributed by atoms with Crippen LogP contribution in [0.25, 0.3) is 0 Å². The van der Waals surface area contributed by atoms with E-state index in [9.17, 15) is 9.59 Å². The first-order chi connectivity index (χ1) is 8.78. The topological polar surface area (TPSA) is 78.4 Å². The number of aliphatic carboxylic acids is 1. The standard InChI is InChI=1S/C14H20N2O3/c1-10-4-6-11(7-5-10)9-15-13(19)16-14(2,3)8-12(17)18/h4-7H,8-9H2,1-3H3,(H,17,18)(H2,15,16,19). The molecule has 1 rings (SSSR count). The third-order valence-corrected chi connectivity index (χ3v) is 2.62. The number of benzene rings is 1. The minimum atomic E-state index is -0.941. The fraction of sp³-hybridized carbons (Fsp3) is 0.429. The van der Waals surface area contributed by atoms with Crippen molar-refractivity contribution in [2.45, 2.75) is 39.3 Å². The summed E-state index contributed by atoms with van der Waals surface area (Å²) in [6, 6.07) is 7.47. The number of hydrogen-bond donors (Lipinski definition) is 3. The van der Waals surface area contributed by atoms with E-state index in [0.29, 0.717) is 6.54 Å². The monoisotopic (exact) mass is 264 g/mol. The van der Waals surface area contributed by atoms with E-state index in [0.717, 1.165) is 11.1 Å². The molecule has 0 saturated carbocycles. The molecule has 3 N–H and O–H groups in total. The van der Waals surface area contributed by atoms with E-state index < -0.39 is 11.5 Å². The second kappa shape index (κ2) is 6.22. The average molecular weight is 264 g/mol. The van der Waals surface area contributed by atoms with Crippen LogP contribution >= 0.6 is 0 Å². The number of nitrogens with one attached hydrogen (secondary N) is 2. The molecule has 0 aliphatic carbocycles. The Kier molecular flexibility index (Phi) is 4.92. The first-order valence-corrected chi connectivity index (χ1v) is 6.12. The van der Waals surface area contributed by atoms with Crippen molar-refractivity contribution >= 4 is 12.0 Å². The molecule has 5 nitrogen and oxygen atoms in total. The first kappa shape index (κ1) is 15.0. The largest absolute Gasteiger partial charge is 0.481 e. The summed E-state index contributed by atoms with van der Waals surface area (Å²) >= 11 is 0. The van der Waals surface area contributed by atoms with Crippen molar-refractivity contribution in [3.63, 3.8) is 0 Å². The van der Waals surface area contributed by atoms with Crippen LogP contribution in [0.1, 0.15) is 31.4 Å². The lowest BCUT2D eigenvalue weighted by Crippen LogP contribution is -2.49. The van der Waals surface area contributed by atoms with E-state index in [1.165, 1.54) is 0 Å². The molecule has 0 bridgehead atoms. The molecule has 0 aliphatic heterocycles. The van der Waals surface area contributed by atoms with Crippen molar-refractivity contribution < 1.29 is 14.7 Å². The van der Waals surface area contributed by atoms with Crippen LogP contribution in [0.3, 0.4) is 0 Å². The summed E-state index contributed by atoms with van der Waals surface area (Å²) in [5, 5.41) is 14.1. The molecule has 0 unspecified atom stereocenters. The van der Waals surface area contributed by atoms with Gasteiger partial charge in [0.1, 0.15) is 0 Å². The van der Waals surface area contributed by atoms with Gasteiger partial charge in [0, 0.05) is 12.1 Å². The van der Waals surface area contributed by atoms with Gasteiger partial charge in [-0.25, -0.2) is 4.79 Å². The highest BCUT2D eigenvalue weighted by atomic mass is 16.4. The van der Waals surface area contributed by atoms with Crippen LogP contribution in [-0.4, -0.2) is 22.6 Å². The predicted octanol–water partition coefficient (Wildman–Crippen LogP) is 2.05. The normalized spacial score (nSPS) is 10.9. The van der Waals surface area contributed by atoms with Crippen LogP contribution in [0.15, 0.2) is 24.3 Å². The van der Waals surface area contributed by atoms with Gasteiger partial charge in [-0.3, -0.25) is 4.79 Å². The molecule has 19 heavy (non-hydrogen) atoms. The quantitative estimate of drug-likeness (QED) is 0.761. The van der Waals surface area contributed by atoms with E-state index in [4.69, 9.17) is 5.11 Å². The second-order valence-corrected chi connectivity index (χ2v) is 5.25. The van der Waals surface area contributed by atoms with Crippen LogP contribution in [0.2, 0.25) is 0 Å². The predicted molar refractivity (Wildman–Crippen MR) is 72.9 cm³/mol. The van der Waals surface area contributed by atoms with Crippen LogP contribution in [0.4, 0.5) is 4.79 Å².